The third-order valence-corrected chi connectivity index (χ3v) is 3.43. The Morgan fingerprint density at radius 1 is 1.59 bits per heavy atom. The van der Waals surface area contributed by atoms with Crippen LogP contribution in [-0.2, 0) is 4.79 Å². The van der Waals surface area contributed by atoms with Gasteiger partial charge in [0, 0.05) is 18.8 Å². The molecule has 1 aliphatic rings. The number of aromatic nitrogens is 1. The molecule has 0 amide bonds. The summed E-state index contributed by atoms with van der Waals surface area (Å²) in [7, 11) is 0. The summed E-state index contributed by atoms with van der Waals surface area (Å²) >= 11 is 0. The molecule has 1 aliphatic heterocycles. The van der Waals surface area contributed by atoms with Gasteiger partial charge >= 0.3 is 5.97 Å². The van der Waals surface area contributed by atoms with E-state index in [-0.39, 0.29) is 12.0 Å². The minimum Gasteiger partial charge on any atom is -0.481 e. The van der Waals surface area contributed by atoms with E-state index in [1.807, 2.05) is 12.1 Å². The van der Waals surface area contributed by atoms with Crippen LogP contribution >= 0.6 is 0 Å². The van der Waals surface area contributed by atoms with Crippen molar-refractivity contribution < 1.29 is 9.90 Å². The Labute approximate surface area is 101 Å². The Balaban J connectivity index is 2.27. The molecule has 0 bridgehead atoms. The van der Waals surface area contributed by atoms with Crippen LogP contribution in [0.25, 0.3) is 0 Å². The van der Waals surface area contributed by atoms with Crippen molar-refractivity contribution in [3.8, 4) is 0 Å². The molecule has 2 rings (SSSR count). The second kappa shape index (κ2) is 4.73. The lowest BCUT2D eigenvalue weighted by Gasteiger charge is -2.31. The summed E-state index contributed by atoms with van der Waals surface area (Å²) in [5.41, 5.74) is 1.02. The SMILES string of the molecule is CC(C)[C@@H]1[C@@H](C(=O)O)CCN1c1cccnc1. The number of hydrogen-bond acceptors (Lipinski definition) is 3. The number of carboxylic acids is 1. The molecule has 0 unspecified atom stereocenters. The number of aliphatic carboxylic acids is 1. The Morgan fingerprint density at radius 3 is 2.88 bits per heavy atom. The lowest BCUT2D eigenvalue weighted by atomic mass is 9.91. The molecule has 0 spiro atoms. The van der Waals surface area contributed by atoms with Crippen LogP contribution in [-0.4, -0.2) is 28.6 Å². The highest BCUT2D eigenvalue weighted by molar-refractivity contribution is 5.73. The summed E-state index contributed by atoms with van der Waals surface area (Å²) < 4.78 is 0. The van der Waals surface area contributed by atoms with Crippen LogP contribution in [0.5, 0.6) is 0 Å². The quantitative estimate of drug-likeness (QED) is 0.869. The Kier molecular flexibility index (Phi) is 3.31. The zero-order valence-corrected chi connectivity index (χ0v) is 10.2. The molecular weight excluding hydrogens is 216 g/mol. The van der Waals surface area contributed by atoms with E-state index in [0.29, 0.717) is 12.3 Å². The third-order valence-electron chi connectivity index (χ3n) is 3.43. The number of nitrogens with zero attached hydrogens (tertiary/aromatic N) is 2. The van der Waals surface area contributed by atoms with Crippen LogP contribution in [0.4, 0.5) is 5.69 Å². The minimum absolute atomic E-state index is 0.0664. The van der Waals surface area contributed by atoms with Gasteiger partial charge in [-0.05, 0) is 24.5 Å². The summed E-state index contributed by atoms with van der Waals surface area (Å²) in [6.07, 6.45) is 4.26. The van der Waals surface area contributed by atoms with Gasteiger partial charge in [0.15, 0.2) is 0 Å². The smallest absolute Gasteiger partial charge is 0.308 e. The zero-order valence-electron chi connectivity index (χ0n) is 10.2. The van der Waals surface area contributed by atoms with Gasteiger partial charge in [0.05, 0.1) is 17.8 Å². The van der Waals surface area contributed by atoms with Gasteiger partial charge in [-0.25, -0.2) is 0 Å². The lowest BCUT2D eigenvalue weighted by molar-refractivity contribution is -0.142. The monoisotopic (exact) mass is 234 g/mol. The van der Waals surface area contributed by atoms with Crippen molar-refractivity contribution in [2.45, 2.75) is 26.3 Å². The topological polar surface area (TPSA) is 53.4 Å². The number of anilines is 1. The molecule has 0 radical (unpaired) electrons. The van der Waals surface area contributed by atoms with Crippen LogP contribution in [0.2, 0.25) is 0 Å². The number of hydrogen-bond donors (Lipinski definition) is 1. The predicted molar refractivity (Wildman–Crippen MR) is 66.0 cm³/mol. The molecule has 92 valence electrons. The van der Waals surface area contributed by atoms with Crippen molar-refractivity contribution in [2.75, 3.05) is 11.4 Å². The molecule has 2 heterocycles. The number of carbonyl (C=O) groups is 1. The van der Waals surface area contributed by atoms with Gasteiger partial charge < -0.3 is 10.0 Å². The van der Waals surface area contributed by atoms with E-state index < -0.39 is 5.97 Å². The molecule has 0 saturated carbocycles. The Hall–Kier alpha value is -1.58. The van der Waals surface area contributed by atoms with Gasteiger partial charge in [0.1, 0.15) is 0 Å². The lowest BCUT2D eigenvalue weighted by Crippen LogP contribution is -2.39. The van der Waals surface area contributed by atoms with Crippen molar-refractivity contribution in [3.63, 3.8) is 0 Å². The maximum absolute atomic E-state index is 11.3. The van der Waals surface area contributed by atoms with E-state index in [4.69, 9.17) is 0 Å². The van der Waals surface area contributed by atoms with Crippen LogP contribution in [0.3, 0.4) is 0 Å². The normalized spacial score (nSPS) is 24.3. The first-order valence-corrected chi connectivity index (χ1v) is 6.00. The van der Waals surface area contributed by atoms with E-state index in [1.54, 1.807) is 12.4 Å². The maximum atomic E-state index is 11.3. The largest absolute Gasteiger partial charge is 0.481 e. The van der Waals surface area contributed by atoms with Crippen LogP contribution in [0.1, 0.15) is 20.3 Å². The molecule has 1 saturated heterocycles. The van der Waals surface area contributed by atoms with Crippen LogP contribution < -0.4 is 4.90 Å². The summed E-state index contributed by atoms with van der Waals surface area (Å²) in [6.45, 7) is 4.95. The summed E-state index contributed by atoms with van der Waals surface area (Å²) in [6, 6.07) is 3.95. The van der Waals surface area contributed by atoms with Gasteiger partial charge in [-0.3, -0.25) is 9.78 Å². The van der Waals surface area contributed by atoms with Gasteiger partial charge in [-0.15, -0.1) is 0 Å². The average molecular weight is 234 g/mol. The molecule has 4 nitrogen and oxygen atoms in total. The van der Waals surface area contributed by atoms with E-state index in [1.165, 1.54) is 0 Å². The standard InChI is InChI=1S/C13H18N2O2/c1-9(2)12-11(13(16)17)5-7-15(12)10-4-3-6-14-8-10/h3-4,6,8-9,11-12H,5,7H2,1-2H3,(H,16,17)/t11-,12+/m0/s1. The second-order valence-electron chi connectivity index (χ2n) is 4.87. The minimum atomic E-state index is -0.685. The van der Waals surface area contributed by atoms with Crippen molar-refractivity contribution in [1.29, 1.82) is 0 Å². The van der Waals surface area contributed by atoms with Gasteiger partial charge in [-0.2, -0.15) is 0 Å². The first-order valence-electron chi connectivity index (χ1n) is 6.00. The maximum Gasteiger partial charge on any atom is 0.308 e. The molecule has 4 heteroatoms. The average Bonchev–Trinajstić information content (AvgIpc) is 2.74. The van der Waals surface area contributed by atoms with Gasteiger partial charge in [-0.1, -0.05) is 13.8 Å². The van der Waals surface area contributed by atoms with Crippen molar-refractivity contribution in [3.05, 3.63) is 24.5 Å². The fraction of sp³-hybridized carbons (Fsp3) is 0.538. The van der Waals surface area contributed by atoms with E-state index in [0.717, 1.165) is 12.2 Å². The first kappa shape index (κ1) is 11.9. The molecule has 0 aromatic carbocycles. The number of rotatable bonds is 3. The van der Waals surface area contributed by atoms with Crippen molar-refractivity contribution >= 4 is 11.7 Å². The highest BCUT2D eigenvalue weighted by Gasteiger charge is 2.40. The second-order valence-corrected chi connectivity index (χ2v) is 4.87. The van der Waals surface area contributed by atoms with E-state index >= 15 is 0 Å². The van der Waals surface area contributed by atoms with Crippen LogP contribution in [0, 0.1) is 11.8 Å². The van der Waals surface area contributed by atoms with Gasteiger partial charge in [0.25, 0.3) is 0 Å². The third kappa shape index (κ3) is 2.25. The van der Waals surface area contributed by atoms with Crippen molar-refractivity contribution in [1.82, 2.24) is 4.98 Å². The first-order chi connectivity index (χ1) is 8.11. The molecule has 1 N–H and O–H groups in total. The molecular formula is C13H18N2O2. The highest BCUT2D eigenvalue weighted by atomic mass is 16.4. The molecule has 1 aromatic rings. The summed E-state index contributed by atoms with van der Waals surface area (Å²) in [5, 5.41) is 9.25. The van der Waals surface area contributed by atoms with Crippen LogP contribution in [0.15, 0.2) is 24.5 Å². The number of pyridine rings is 1. The molecule has 1 aromatic heterocycles. The van der Waals surface area contributed by atoms with E-state index in [9.17, 15) is 9.90 Å². The molecule has 2 atom stereocenters. The Morgan fingerprint density at radius 2 is 2.35 bits per heavy atom. The van der Waals surface area contributed by atoms with E-state index in [2.05, 4.69) is 23.7 Å². The highest BCUT2D eigenvalue weighted by Crippen LogP contribution is 2.33. The number of carboxylic acid groups (broad SMARTS) is 1. The fourth-order valence-corrected chi connectivity index (χ4v) is 2.73. The van der Waals surface area contributed by atoms with Crippen molar-refractivity contribution in [2.24, 2.45) is 11.8 Å². The van der Waals surface area contributed by atoms with Gasteiger partial charge in [0.2, 0.25) is 0 Å². The molecule has 17 heavy (non-hydrogen) atoms. The summed E-state index contributed by atoms with van der Waals surface area (Å²) in [5.74, 6) is -0.635. The molecule has 0 aliphatic carbocycles. The molecule has 1 fully saturated rings. The predicted octanol–water partition coefficient (Wildman–Crippen LogP) is 2.02. The fourth-order valence-electron chi connectivity index (χ4n) is 2.73. The summed E-state index contributed by atoms with van der Waals surface area (Å²) in [4.78, 5) is 17.5. The Bertz CT molecular complexity index is 392. The zero-order chi connectivity index (χ0) is 12.4.